The van der Waals surface area contributed by atoms with Gasteiger partial charge in [-0.3, -0.25) is 0 Å². The van der Waals surface area contributed by atoms with Gasteiger partial charge in [0.15, 0.2) is 0 Å². The molecular formula is C17H24N2O. The first-order chi connectivity index (χ1) is 9.85. The molecule has 0 saturated heterocycles. The number of unbranched alkanes of at least 4 members (excludes halogenated alkanes) is 1. The molecule has 0 saturated carbocycles. The highest BCUT2D eigenvalue weighted by molar-refractivity contribution is 5.80. The van der Waals surface area contributed by atoms with Crippen molar-refractivity contribution >= 4 is 10.9 Å². The fourth-order valence-corrected chi connectivity index (χ4v) is 2.35. The number of methoxy groups -OCH3 is 1. The molecule has 2 rings (SSSR count). The third kappa shape index (κ3) is 3.95. The van der Waals surface area contributed by atoms with E-state index in [0.717, 1.165) is 39.1 Å². The Morgan fingerprint density at radius 1 is 1.35 bits per heavy atom. The van der Waals surface area contributed by atoms with Crippen molar-refractivity contribution < 1.29 is 4.74 Å². The van der Waals surface area contributed by atoms with Gasteiger partial charge in [0.05, 0.1) is 6.61 Å². The Bertz CT molecular complexity index is 545. The van der Waals surface area contributed by atoms with E-state index in [4.69, 9.17) is 4.74 Å². The molecule has 3 nitrogen and oxygen atoms in total. The highest BCUT2D eigenvalue weighted by Crippen LogP contribution is 2.18. The molecule has 20 heavy (non-hydrogen) atoms. The van der Waals surface area contributed by atoms with Gasteiger partial charge in [-0.05, 0) is 35.9 Å². The topological polar surface area (TPSA) is 26.2 Å². The van der Waals surface area contributed by atoms with Crippen LogP contribution in [0.2, 0.25) is 0 Å². The predicted molar refractivity (Wildman–Crippen MR) is 85.0 cm³/mol. The van der Waals surface area contributed by atoms with Crippen molar-refractivity contribution in [1.82, 2.24) is 9.88 Å². The molecule has 0 aliphatic rings. The lowest BCUT2D eigenvalue weighted by molar-refractivity contribution is 0.199. The highest BCUT2D eigenvalue weighted by Gasteiger charge is 2.02. The van der Waals surface area contributed by atoms with Crippen LogP contribution in [0.1, 0.15) is 18.4 Å². The van der Waals surface area contributed by atoms with E-state index in [9.17, 15) is 0 Å². The Hall–Kier alpha value is -1.58. The molecule has 1 aromatic carbocycles. The number of rotatable bonds is 9. The van der Waals surface area contributed by atoms with Gasteiger partial charge in [0.2, 0.25) is 0 Å². The smallest absolute Gasteiger partial charge is 0.0587 e. The van der Waals surface area contributed by atoms with Gasteiger partial charge in [0, 0.05) is 38.5 Å². The van der Waals surface area contributed by atoms with Crippen LogP contribution in [0.4, 0.5) is 0 Å². The fraction of sp³-hybridized carbons (Fsp3) is 0.412. The van der Waals surface area contributed by atoms with Crippen LogP contribution in [-0.2, 0) is 17.8 Å². The fourth-order valence-electron chi connectivity index (χ4n) is 2.35. The number of hydrogen-bond donors (Lipinski definition) is 1. The Labute approximate surface area is 121 Å². The number of ether oxygens (including phenoxy) is 1. The van der Waals surface area contributed by atoms with Gasteiger partial charge in [0.25, 0.3) is 0 Å². The zero-order chi connectivity index (χ0) is 14.2. The summed E-state index contributed by atoms with van der Waals surface area (Å²) in [5, 5.41) is 4.69. The second kappa shape index (κ2) is 7.88. The van der Waals surface area contributed by atoms with E-state index in [1.54, 1.807) is 7.11 Å². The lowest BCUT2D eigenvalue weighted by atomic mass is 10.1. The number of nitrogens with zero attached hydrogens (tertiary/aromatic N) is 1. The van der Waals surface area contributed by atoms with E-state index >= 15 is 0 Å². The standard InChI is InChI=1S/C17H24N2O/c1-3-4-5-10-19-11-8-16-7-6-15(13-17(16)19)14-18-9-12-20-2/h3,6-8,11,13,18H,1,4-5,9-10,12,14H2,2H3. The Kier molecular flexibility index (Phi) is 5.84. The molecule has 1 heterocycles. The zero-order valence-corrected chi connectivity index (χ0v) is 12.3. The zero-order valence-electron chi connectivity index (χ0n) is 12.3. The van der Waals surface area contributed by atoms with Crippen molar-refractivity contribution in [3.8, 4) is 0 Å². The first kappa shape index (κ1) is 14.8. The van der Waals surface area contributed by atoms with Crippen molar-refractivity contribution in [1.29, 1.82) is 0 Å². The second-order valence-corrected chi connectivity index (χ2v) is 5.00. The molecule has 3 heteroatoms. The average molecular weight is 272 g/mol. The van der Waals surface area contributed by atoms with Gasteiger partial charge in [-0.2, -0.15) is 0 Å². The Morgan fingerprint density at radius 3 is 3.05 bits per heavy atom. The molecule has 0 spiro atoms. The Balaban J connectivity index is 2.02. The lowest BCUT2D eigenvalue weighted by Crippen LogP contribution is -2.18. The summed E-state index contributed by atoms with van der Waals surface area (Å²) in [5.41, 5.74) is 2.64. The highest BCUT2D eigenvalue weighted by atomic mass is 16.5. The molecule has 0 aliphatic heterocycles. The molecule has 1 aromatic heterocycles. The van der Waals surface area contributed by atoms with E-state index in [0.29, 0.717) is 0 Å². The normalized spacial score (nSPS) is 11.1. The monoisotopic (exact) mass is 272 g/mol. The quantitative estimate of drug-likeness (QED) is 0.559. The van der Waals surface area contributed by atoms with Gasteiger partial charge in [-0.25, -0.2) is 0 Å². The van der Waals surface area contributed by atoms with E-state index in [2.05, 4.69) is 46.9 Å². The van der Waals surface area contributed by atoms with Crippen molar-refractivity contribution in [2.75, 3.05) is 20.3 Å². The molecule has 1 N–H and O–H groups in total. The van der Waals surface area contributed by atoms with Crippen LogP contribution in [0.15, 0.2) is 43.1 Å². The summed E-state index contributed by atoms with van der Waals surface area (Å²) in [6.07, 6.45) is 6.37. The summed E-state index contributed by atoms with van der Waals surface area (Å²) in [7, 11) is 1.73. The summed E-state index contributed by atoms with van der Waals surface area (Å²) < 4.78 is 7.37. The van der Waals surface area contributed by atoms with E-state index in [1.807, 2.05) is 6.08 Å². The number of nitrogens with one attached hydrogen (secondary N) is 1. The maximum Gasteiger partial charge on any atom is 0.0587 e. The maximum atomic E-state index is 5.04. The number of benzene rings is 1. The predicted octanol–water partition coefficient (Wildman–Crippen LogP) is 3.34. The Morgan fingerprint density at radius 2 is 2.25 bits per heavy atom. The van der Waals surface area contributed by atoms with E-state index in [1.165, 1.54) is 16.5 Å². The number of allylic oxidation sites excluding steroid dienone is 1. The van der Waals surface area contributed by atoms with Crippen molar-refractivity contribution in [2.24, 2.45) is 0 Å². The summed E-state index contributed by atoms with van der Waals surface area (Å²) in [6, 6.07) is 8.86. The molecule has 108 valence electrons. The van der Waals surface area contributed by atoms with Crippen LogP contribution in [0.3, 0.4) is 0 Å². The molecule has 0 radical (unpaired) electrons. The van der Waals surface area contributed by atoms with Gasteiger partial charge < -0.3 is 14.6 Å². The minimum Gasteiger partial charge on any atom is -0.383 e. The molecule has 0 amide bonds. The number of hydrogen-bond acceptors (Lipinski definition) is 2. The molecule has 0 fully saturated rings. The third-order valence-corrected chi connectivity index (χ3v) is 3.46. The van der Waals surface area contributed by atoms with E-state index < -0.39 is 0 Å². The van der Waals surface area contributed by atoms with Crippen LogP contribution in [0.25, 0.3) is 10.9 Å². The largest absolute Gasteiger partial charge is 0.383 e. The summed E-state index contributed by atoms with van der Waals surface area (Å²) in [4.78, 5) is 0. The average Bonchev–Trinajstić information content (AvgIpc) is 2.87. The third-order valence-electron chi connectivity index (χ3n) is 3.46. The lowest BCUT2D eigenvalue weighted by Gasteiger charge is -2.07. The molecule has 0 unspecified atom stereocenters. The summed E-state index contributed by atoms with van der Waals surface area (Å²) >= 11 is 0. The first-order valence-corrected chi connectivity index (χ1v) is 7.23. The SMILES string of the molecule is C=CCCCn1ccc2ccc(CNCCOC)cc21. The van der Waals surface area contributed by atoms with Gasteiger partial charge in [-0.1, -0.05) is 18.2 Å². The number of aryl methyl sites for hydroxylation is 1. The van der Waals surface area contributed by atoms with E-state index in [-0.39, 0.29) is 0 Å². The minimum atomic E-state index is 0.750. The van der Waals surface area contributed by atoms with Crippen molar-refractivity contribution in [3.63, 3.8) is 0 Å². The summed E-state index contributed by atoms with van der Waals surface area (Å²) in [6.45, 7) is 7.35. The van der Waals surface area contributed by atoms with Crippen LogP contribution in [0, 0.1) is 0 Å². The first-order valence-electron chi connectivity index (χ1n) is 7.23. The molecule has 0 bridgehead atoms. The van der Waals surface area contributed by atoms with Crippen molar-refractivity contribution in [3.05, 3.63) is 48.7 Å². The van der Waals surface area contributed by atoms with Gasteiger partial charge >= 0.3 is 0 Å². The minimum absolute atomic E-state index is 0.750. The molecule has 0 atom stereocenters. The maximum absolute atomic E-state index is 5.04. The molecule has 2 aromatic rings. The number of fused-ring (bicyclic) bond motifs is 1. The molecule has 0 aliphatic carbocycles. The van der Waals surface area contributed by atoms with Crippen LogP contribution in [0.5, 0.6) is 0 Å². The second-order valence-electron chi connectivity index (χ2n) is 5.00. The van der Waals surface area contributed by atoms with Gasteiger partial charge in [-0.15, -0.1) is 6.58 Å². The van der Waals surface area contributed by atoms with Gasteiger partial charge in [0.1, 0.15) is 0 Å². The van der Waals surface area contributed by atoms with Crippen LogP contribution >= 0.6 is 0 Å². The number of aromatic nitrogens is 1. The molecular weight excluding hydrogens is 248 g/mol. The summed E-state index contributed by atoms with van der Waals surface area (Å²) in [5.74, 6) is 0. The van der Waals surface area contributed by atoms with Crippen LogP contribution < -0.4 is 5.32 Å². The van der Waals surface area contributed by atoms with Crippen LogP contribution in [-0.4, -0.2) is 24.8 Å². The van der Waals surface area contributed by atoms with Crippen molar-refractivity contribution in [2.45, 2.75) is 25.9 Å².